The number of likely N-dealkylation sites (tertiary alicyclic amines) is 1. The fourth-order valence-corrected chi connectivity index (χ4v) is 7.23. The van der Waals surface area contributed by atoms with E-state index in [0.29, 0.717) is 50.1 Å². The minimum Gasteiger partial charge on any atom is -0.478 e. The standard InChI is InChI=1S/C35H46N4O6.ClH/c1-2-3-19-39-32(42)29(31(41)25-7-5-4-6-8-25)37-34(45)35(39)17-20-38(21-18-35)22-23-9-11-24(12-10-23)28(36)30(40)26-13-15-27(16-14-26)33(43)44;/h9-16,25,28-29,31,41H,2-8,17-22,36H2,1H3,(H,37,45)(H,43,44);1H/t28?,29-,31-;/m1./s1. The first-order valence-corrected chi connectivity index (χ1v) is 16.4. The summed E-state index contributed by atoms with van der Waals surface area (Å²) in [6, 6.07) is 11.6. The number of piperidine rings is 1. The van der Waals surface area contributed by atoms with Crippen molar-refractivity contribution in [3.8, 4) is 0 Å². The molecule has 2 aromatic rings. The second-order valence-electron chi connectivity index (χ2n) is 13.0. The maximum Gasteiger partial charge on any atom is 0.335 e. The number of Topliss-reactive ketones (excluding diaryl/α,β-unsaturated/α-hetero) is 1. The van der Waals surface area contributed by atoms with Crippen LogP contribution >= 0.6 is 12.4 Å². The van der Waals surface area contributed by atoms with Gasteiger partial charge in [0.15, 0.2) is 5.78 Å². The molecule has 2 saturated heterocycles. The van der Waals surface area contributed by atoms with Crippen molar-refractivity contribution in [1.82, 2.24) is 15.1 Å². The Morgan fingerprint density at radius 3 is 2.17 bits per heavy atom. The highest BCUT2D eigenvalue weighted by Gasteiger charge is 2.55. The number of rotatable bonds is 11. The summed E-state index contributed by atoms with van der Waals surface area (Å²) in [4.78, 5) is 55.7. The Hall–Kier alpha value is -3.31. The van der Waals surface area contributed by atoms with Crippen LogP contribution in [0.3, 0.4) is 0 Å². The number of hydrogen-bond donors (Lipinski definition) is 4. The molecule has 5 N–H and O–H groups in total. The van der Waals surface area contributed by atoms with Gasteiger partial charge in [-0.05, 0) is 61.3 Å². The van der Waals surface area contributed by atoms with Crippen LogP contribution in [0.15, 0.2) is 48.5 Å². The lowest BCUT2D eigenvalue weighted by Crippen LogP contribution is -2.75. The van der Waals surface area contributed by atoms with Crippen LogP contribution in [-0.2, 0) is 16.1 Å². The maximum absolute atomic E-state index is 13.9. The predicted molar refractivity (Wildman–Crippen MR) is 177 cm³/mol. The van der Waals surface area contributed by atoms with Gasteiger partial charge in [0.25, 0.3) is 0 Å². The Morgan fingerprint density at radius 1 is 0.978 bits per heavy atom. The summed E-state index contributed by atoms with van der Waals surface area (Å²) in [6.45, 7) is 4.53. The molecule has 11 heteroatoms. The Labute approximate surface area is 277 Å². The lowest BCUT2D eigenvalue weighted by atomic mass is 9.78. The molecule has 2 amide bonds. The summed E-state index contributed by atoms with van der Waals surface area (Å²) < 4.78 is 0. The molecule has 250 valence electrons. The number of amides is 2. The number of carboxylic acid groups (broad SMARTS) is 1. The molecule has 2 aromatic carbocycles. The number of carbonyl (C=O) groups excluding carboxylic acids is 3. The molecule has 3 aliphatic rings. The van der Waals surface area contributed by atoms with E-state index in [-0.39, 0.29) is 41.5 Å². The van der Waals surface area contributed by atoms with E-state index in [1.165, 1.54) is 24.3 Å². The Morgan fingerprint density at radius 2 is 1.59 bits per heavy atom. The molecule has 1 aliphatic carbocycles. The first kappa shape index (κ1) is 35.5. The van der Waals surface area contributed by atoms with Crippen molar-refractivity contribution in [2.24, 2.45) is 11.7 Å². The zero-order valence-electron chi connectivity index (χ0n) is 26.5. The van der Waals surface area contributed by atoms with Gasteiger partial charge < -0.3 is 26.2 Å². The minimum atomic E-state index is -1.06. The Bertz CT molecular complexity index is 1370. The third-order valence-electron chi connectivity index (χ3n) is 10.1. The summed E-state index contributed by atoms with van der Waals surface area (Å²) in [5.41, 5.74) is 7.53. The Kier molecular flexibility index (Phi) is 12.0. The molecule has 2 aliphatic heterocycles. The molecule has 46 heavy (non-hydrogen) atoms. The number of aromatic carboxylic acids is 1. The number of aliphatic hydroxyl groups is 1. The predicted octanol–water partition coefficient (Wildman–Crippen LogP) is 4.09. The van der Waals surface area contributed by atoms with Gasteiger partial charge in [-0.2, -0.15) is 0 Å². The highest BCUT2D eigenvalue weighted by atomic mass is 35.5. The second kappa shape index (κ2) is 15.5. The van der Waals surface area contributed by atoms with Crippen LogP contribution in [0.5, 0.6) is 0 Å². The molecule has 3 atom stereocenters. The number of nitrogens with zero attached hydrogens (tertiary/aromatic N) is 2. The highest BCUT2D eigenvalue weighted by molar-refractivity contribution is 6.01. The van der Waals surface area contributed by atoms with Gasteiger partial charge in [0.05, 0.1) is 17.7 Å². The van der Waals surface area contributed by atoms with E-state index in [2.05, 4.69) is 17.1 Å². The van der Waals surface area contributed by atoms with Crippen molar-refractivity contribution in [3.63, 3.8) is 0 Å². The van der Waals surface area contributed by atoms with Crippen molar-refractivity contribution < 1.29 is 29.4 Å². The zero-order chi connectivity index (χ0) is 32.1. The Balaban J connectivity index is 0.00000480. The lowest BCUT2D eigenvalue weighted by Gasteiger charge is -2.52. The number of unbranched alkanes of at least 4 members (excludes halogenated alkanes) is 1. The molecule has 0 radical (unpaired) electrons. The minimum absolute atomic E-state index is 0. The maximum atomic E-state index is 13.9. The van der Waals surface area contributed by atoms with Crippen LogP contribution in [0.25, 0.3) is 0 Å². The van der Waals surface area contributed by atoms with Crippen molar-refractivity contribution >= 4 is 36.0 Å². The van der Waals surface area contributed by atoms with Gasteiger partial charge in [-0.1, -0.05) is 69.0 Å². The van der Waals surface area contributed by atoms with Crippen LogP contribution in [-0.4, -0.2) is 80.9 Å². The summed E-state index contributed by atoms with van der Waals surface area (Å²) >= 11 is 0. The average molecular weight is 655 g/mol. The van der Waals surface area contributed by atoms with E-state index < -0.39 is 29.7 Å². The van der Waals surface area contributed by atoms with E-state index in [1.54, 1.807) is 4.90 Å². The summed E-state index contributed by atoms with van der Waals surface area (Å²) in [5, 5.41) is 23.2. The molecular weight excluding hydrogens is 608 g/mol. The zero-order valence-corrected chi connectivity index (χ0v) is 27.3. The van der Waals surface area contributed by atoms with E-state index in [4.69, 9.17) is 10.8 Å². The number of carbonyl (C=O) groups is 4. The molecule has 1 spiro atoms. The van der Waals surface area contributed by atoms with Gasteiger partial charge in [0, 0.05) is 31.7 Å². The third kappa shape index (κ3) is 7.46. The van der Waals surface area contributed by atoms with Crippen LogP contribution in [0.2, 0.25) is 0 Å². The number of benzene rings is 2. The van der Waals surface area contributed by atoms with Gasteiger partial charge >= 0.3 is 5.97 Å². The summed E-state index contributed by atoms with van der Waals surface area (Å²) in [6.07, 6.45) is 6.95. The number of carboxylic acids is 1. The van der Waals surface area contributed by atoms with Crippen molar-refractivity contribution in [2.45, 2.75) is 95.0 Å². The smallest absolute Gasteiger partial charge is 0.335 e. The van der Waals surface area contributed by atoms with Gasteiger partial charge in [-0.15, -0.1) is 12.4 Å². The van der Waals surface area contributed by atoms with Crippen LogP contribution in [0, 0.1) is 5.92 Å². The number of halogens is 1. The van der Waals surface area contributed by atoms with Crippen molar-refractivity contribution in [3.05, 3.63) is 70.8 Å². The van der Waals surface area contributed by atoms with Gasteiger partial charge in [-0.25, -0.2) is 4.79 Å². The van der Waals surface area contributed by atoms with E-state index in [9.17, 15) is 24.3 Å². The molecule has 0 aromatic heterocycles. The number of aliphatic hydroxyl groups excluding tert-OH is 1. The highest BCUT2D eigenvalue weighted by Crippen LogP contribution is 2.36. The second-order valence-corrected chi connectivity index (χ2v) is 13.0. The number of ketones is 1. The first-order valence-electron chi connectivity index (χ1n) is 16.4. The first-order chi connectivity index (χ1) is 21.6. The van der Waals surface area contributed by atoms with Crippen molar-refractivity contribution in [1.29, 1.82) is 0 Å². The lowest BCUT2D eigenvalue weighted by molar-refractivity contribution is -0.166. The summed E-state index contributed by atoms with van der Waals surface area (Å²) in [7, 11) is 0. The average Bonchev–Trinajstić information content (AvgIpc) is 3.07. The number of nitrogens with two attached hydrogens (primary N) is 1. The van der Waals surface area contributed by atoms with Gasteiger partial charge in [-0.3, -0.25) is 19.3 Å². The SMILES string of the molecule is CCCCN1C(=O)[C@@H]([C@H](O)C2CCCCC2)NC(=O)C12CCN(Cc1ccc(C(N)C(=O)c3ccc(C(=O)O)cc3)cc1)CC2.Cl. The fraction of sp³-hybridized carbons (Fsp3) is 0.543. The quantitative estimate of drug-likeness (QED) is 0.264. The van der Waals surface area contributed by atoms with Crippen molar-refractivity contribution in [2.75, 3.05) is 19.6 Å². The van der Waals surface area contributed by atoms with Gasteiger partial charge in [0.1, 0.15) is 11.6 Å². The largest absolute Gasteiger partial charge is 0.478 e. The molecule has 3 fully saturated rings. The molecule has 0 bridgehead atoms. The molecule has 5 rings (SSSR count). The fourth-order valence-electron chi connectivity index (χ4n) is 7.23. The number of nitrogens with one attached hydrogen (secondary N) is 1. The summed E-state index contributed by atoms with van der Waals surface area (Å²) in [5.74, 6) is -1.59. The molecule has 10 nitrogen and oxygen atoms in total. The molecule has 1 unspecified atom stereocenters. The molecule has 2 heterocycles. The van der Waals surface area contributed by atoms with E-state index in [0.717, 1.165) is 50.5 Å². The van der Waals surface area contributed by atoms with Crippen LogP contribution in [0.1, 0.15) is 103 Å². The number of hydrogen-bond acceptors (Lipinski definition) is 7. The molecule has 1 saturated carbocycles. The van der Waals surface area contributed by atoms with Crippen LogP contribution in [0.4, 0.5) is 0 Å². The third-order valence-corrected chi connectivity index (χ3v) is 10.1. The van der Waals surface area contributed by atoms with Crippen LogP contribution < -0.4 is 11.1 Å². The number of piperazine rings is 1. The van der Waals surface area contributed by atoms with E-state index in [1.807, 2.05) is 24.3 Å². The van der Waals surface area contributed by atoms with E-state index >= 15 is 0 Å². The van der Waals surface area contributed by atoms with Gasteiger partial charge in [0.2, 0.25) is 11.8 Å². The topological polar surface area (TPSA) is 153 Å². The monoisotopic (exact) mass is 654 g/mol. The normalized spacial score (nSPS) is 21.7. The molecular formula is C35H47ClN4O6.